The second kappa shape index (κ2) is 5.54. The van der Waals surface area contributed by atoms with Crippen LogP contribution in [0.4, 0.5) is 0 Å². The maximum atomic E-state index is 11.2. The standard InChI is InChI=1S/C13H16N2O3S/c1-3-13(2,12(16)17)14-7-9-8-18-11(15-9)10-5-4-6-19-10/h4-6,8,14H,3,7H2,1-2H3,(H,16,17). The Bertz CT molecular complexity index is 550. The van der Waals surface area contributed by atoms with E-state index in [1.165, 1.54) is 0 Å². The second-order valence-electron chi connectivity index (χ2n) is 4.47. The van der Waals surface area contributed by atoms with E-state index in [1.807, 2.05) is 24.4 Å². The van der Waals surface area contributed by atoms with Crippen molar-refractivity contribution in [1.29, 1.82) is 0 Å². The summed E-state index contributed by atoms with van der Waals surface area (Å²) in [6.45, 7) is 3.86. The smallest absolute Gasteiger partial charge is 0.323 e. The van der Waals surface area contributed by atoms with E-state index in [4.69, 9.17) is 9.52 Å². The summed E-state index contributed by atoms with van der Waals surface area (Å²) in [5.41, 5.74) is -0.244. The zero-order valence-corrected chi connectivity index (χ0v) is 11.7. The lowest BCUT2D eigenvalue weighted by Crippen LogP contribution is -2.48. The minimum atomic E-state index is -0.942. The first kappa shape index (κ1) is 13.8. The van der Waals surface area contributed by atoms with Gasteiger partial charge in [0.2, 0.25) is 5.89 Å². The van der Waals surface area contributed by atoms with Crippen LogP contribution in [0.1, 0.15) is 26.0 Å². The van der Waals surface area contributed by atoms with E-state index in [0.717, 1.165) is 4.88 Å². The monoisotopic (exact) mass is 280 g/mol. The molecule has 1 unspecified atom stereocenters. The van der Waals surface area contributed by atoms with Crippen LogP contribution in [-0.2, 0) is 11.3 Å². The molecule has 0 fully saturated rings. The first-order chi connectivity index (χ1) is 9.05. The normalized spacial score (nSPS) is 14.2. The molecule has 0 aliphatic heterocycles. The van der Waals surface area contributed by atoms with E-state index >= 15 is 0 Å². The molecular formula is C13H16N2O3S. The van der Waals surface area contributed by atoms with E-state index in [9.17, 15) is 4.79 Å². The fourth-order valence-electron chi connectivity index (χ4n) is 1.54. The van der Waals surface area contributed by atoms with Gasteiger partial charge in [-0.1, -0.05) is 13.0 Å². The van der Waals surface area contributed by atoms with Gasteiger partial charge in [-0.25, -0.2) is 4.98 Å². The first-order valence-corrected chi connectivity index (χ1v) is 6.90. The molecule has 0 saturated carbocycles. The maximum Gasteiger partial charge on any atom is 0.323 e. The number of nitrogens with zero attached hydrogens (tertiary/aromatic N) is 1. The molecule has 0 saturated heterocycles. The van der Waals surface area contributed by atoms with E-state index < -0.39 is 11.5 Å². The number of carboxylic acids is 1. The summed E-state index contributed by atoms with van der Waals surface area (Å²) in [5, 5.41) is 14.1. The molecule has 0 radical (unpaired) electrons. The molecule has 0 bridgehead atoms. The molecule has 6 heteroatoms. The van der Waals surface area contributed by atoms with Crippen molar-refractivity contribution >= 4 is 17.3 Å². The van der Waals surface area contributed by atoms with Gasteiger partial charge in [-0.05, 0) is 24.8 Å². The third-order valence-electron chi connectivity index (χ3n) is 3.12. The molecule has 0 aromatic carbocycles. The highest BCUT2D eigenvalue weighted by atomic mass is 32.1. The molecule has 0 spiro atoms. The number of oxazole rings is 1. The van der Waals surface area contributed by atoms with Crippen molar-refractivity contribution in [2.75, 3.05) is 0 Å². The van der Waals surface area contributed by atoms with Gasteiger partial charge in [-0.15, -0.1) is 11.3 Å². The fourth-order valence-corrected chi connectivity index (χ4v) is 2.19. The molecule has 2 aromatic rings. The molecule has 2 N–H and O–H groups in total. The summed E-state index contributed by atoms with van der Waals surface area (Å²) in [4.78, 5) is 16.5. The van der Waals surface area contributed by atoms with Gasteiger partial charge in [0.15, 0.2) is 0 Å². The van der Waals surface area contributed by atoms with Crippen molar-refractivity contribution in [3.8, 4) is 10.8 Å². The highest BCUT2D eigenvalue weighted by Gasteiger charge is 2.30. The van der Waals surface area contributed by atoms with Gasteiger partial charge in [-0.2, -0.15) is 0 Å². The van der Waals surface area contributed by atoms with Crippen LogP contribution in [0.2, 0.25) is 0 Å². The zero-order chi connectivity index (χ0) is 13.9. The topological polar surface area (TPSA) is 75.4 Å². The van der Waals surface area contributed by atoms with Gasteiger partial charge in [-0.3, -0.25) is 10.1 Å². The summed E-state index contributed by atoms with van der Waals surface area (Å²) < 4.78 is 5.38. The molecule has 0 aliphatic carbocycles. The van der Waals surface area contributed by atoms with Crippen LogP contribution in [0.15, 0.2) is 28.2 Å². The van der Waals surface area contributed by atoms with Gasteiger partial charge in [0.25, 0.3) is 0 Å². The van der Waals surface area contributed by atoms with E-state index in [0.29, 0.717) is 24.6 Å². The average Bonchev–Trinajstić information content (AvgIpc) is 3.05. The number of carbonyl (C=O) groups is 1. The molecule has 102 valence electrons. The predicted molar refractivity (Wildman–Crippen MR) is 73.0 cm³/mol. The van der Waals surface area contributed by atoms with Gasteiger partial charge >= 0.3 is 5.97 Å². The van der Waals surface area contributed by atoms with Gasteiger partial charge in [0.1, 0.15) is 11.8 Å². The molecule has 1 atom stereocenters. The van der Waals surface area contributed by atoms with Gasteiger partial charge < -0.3 is 9.52 Å². The molecule has 2 heterocycles. The maximum absolute atomic E-state index is 11.2. The Kier molecular flexibility index (Phi) is 4.01. The summed E-state index contributed by atoms with van der Waals surface area (Å²) >= 11 is 1.55. The number of aliphatic carboxylic acids is 1. The van der Waals surface area contributed by atoms with Crippen molar-refractivity contribution in [3.05, 3.63) is 29.5 Å². The number of hydrogen-bond acceptors (Lipinski definition) is 5. The van der Waals surface area contributed by atoms with Crippen LogP contribution in [0, 0.1) is 0 Å². The van der Waals surface area contributed by atoms with Crippen molar-refractivity contribution in [2.45, 2.75) is 32.4 Å². The van der Waals surface area contributed by atoms with Crippen molar-refractivity contribution < 1.29 is 14.3 Å². The van der Waals surface area contributed by atoms with E-state index in [-0.39, 0.29) is 0 Å². The number of hydrogen-bond donors (Lipinski definition) is 2. The van der Waals surface area contributed by atoms with Crippen molar-refractivity contribution in [2.24, 2.45) is 0 Å². The van der Waals surface area contributed by atoms with Gasteiger partial charge in [0, 0.05) is 6.54 Å². The molecule has 19 heavy (non-hydrogen) atoms. The van der Waals surface area contributed by atoms with Crippen LogP contribution >= 0.6 is 11.3 Å². The number of carboxylic acid groups (broad SMARTS) is 1. The van der Waals surface area contributed by atoms with Crippen molar-refractivity contribution in [1.82, 2.24) is 10.3 Å². The summed E-state index contributed by atoms with van der Waals surface area (Å²) in [6, 6.07) is 3.86. The highest BCUT2D eigenvalue weighted by molar-refractivity contribution is 7.13. The molecule has 2 aromatic heterocycles. The largest absolute Gasteiger partial charge is 0.480 e. The van der Waals surface area contributed by atoms with Crippen molar-refractivity contribution in [3.63, 3.8) is 0 Å². The Hall–Kier alpha value is -1.66. The molecule has 0 aliphatic rings. The molecule has 2 rings (SSSR count). The molecular weight excluding hydrogens is 264 g/mol. The number of nitrogens with one attached hydrogen (secondary N) is 1. The third-order valence-corrected chi connectivity index (χ3v) is 3.98. The first-order valence-electron chi connectivity index (χ1n) is 6.02. The van der Waals surface area contributed by atoms with Crippen LogP contribution in [-0.4, -0.2) is 21.6 Å². The molecule has 5 nitrogen and oxygen atoms in total. The lowest BCUT2D eigenvalue weighted by molar-refractivity contribution is -0.144. The zero-order valence-electron chi connectivity index (χ0n) is 10.8. The van der Waals surface area contributed by atoms with Crippen LogP contribution in [0.3, 0.4) is 0 Å². The highest BCUT2D eigenvalue weighted by Crippen LogP contribution is 2.23. The Morgan fingerprint density at radius 2 is 2.42 bits per heavy atom. The summed E-state index contributed by atoms with van der Waals surface area (Å²) in [6.07, 6.45) is 2.05. The number of aromatic nitrogens is 1. The van der Waals surface area contributed by atoms with Gasteiger partial charge in [0.05, 0.1) is 10.6 Å². The Morgan fingerprint density at radius 3 is 3.00 bits per heavy atom. The Morgan fingerprint density at radius 1 is 1.63 bits per heavy atom. The van der Waals surface area contributed by atoms with Crippen LogP contribution < -0.4 is 5.32 Å². The van der Waals surface area contributed by atoms with E-state index in [1.54, 1.807) is 24.5 Å². The summed E-state index contributed by atoms with van der Waals surface area (Å²) in [7, 11) is 0. The Labute approximate surface area is 115 Å². The van der Waals surface area contributed by atoms with Crippen LogP contribution in [0.25, 0.3) is 10.8 Å². The van der Waals surface area contributed by atoms with E-state index in [2.05, 4.69) is 10.3 Å². The lowest BCUT2D eigenvalue weighted by atomic mass is 9.99. The Balaban J connectivity index is 2.03. The minimum Gasteiger partial charge on any atom is -0.480 e. The number of rotatable bonds is 6. The SMILES string of the molecule is CCC(C)(NCc1coc(-c2cccs2)n1)C(=O)O. The average molecular weight is 280 g/mol. The minimum absolute atomic E-state index is 0.367. The summed E-state index contributed by atoms with van der Waals surface area (Å²) in [5.74, 6) is -0.294. The second-order valence-corrected chi connectivity index (χ2v) is 5.41. The molecule has 0 amide bonds. The van der Waals surface area contributed by atoms with Crippen LogP contribution in [0.5, 0.6) is 0 Å². The predicted octanol–water partition coefficient (Wildman–Crippen LogP) is 2.75. The number of thiophene rings is 1. The lowest BCUT2D eigenvalue weighted by Gasteiger charge is -2.23. The quantitative estimate of drug-likeness (QED) is 0.851. The fraction of sp³-hybridized carbons (Fsp3) is 0.385. The third kappa shape index (κ3) is 3.02.